The third kappa shape index (κ3) is 18.4. The van der Waals surface area contributed by atoms with Gasteiger partial charge in [-0.25, -0.2) is 0 Å². The zero-order valence-electron chi connectivity index (χ0n) is 28.6. The first-order valence-corrected chi connectivity index (χ1v) is 18.0. The largest absolute Gasteiger partial charge is 0.0654 e. The average molecular weight is 534 g/mol. The van der Waals surface area contributed by atoms with Crippen LogP contribution < -0.4 is 0 Å². The third-order valence-corrected chi connectivity index (χ3v) is 9.35. The maximum Gasteiger partial charge on any atom is -0.0171 e. The number of unbranched alkanes of at least 4 members (excludes halogenated alkanes) is 14. The van der Waals surface area contributed by atoms with E-state index in [1.165, 1.54) is 154 Å². The van der Waals surface area contributed by atoms with Crippen molar-refractivity contribution in [1.29, 1.82) is 0 Å². The fourth-order valence-corrected chi connectivity index (χ4v) is 7.10. The van der Waals surface area contributed by atoms with Gasteiger partial charge in [-0.3, -0.25) is 0 Å². The van der Waals surface area contributed by atoms with Crippen molar-refractivity contribution in [2.45, 2.75) is 216 Å². The Kier molecular flexibility index (Phi) is 23.7. The molecular formula is C38H77. The number of hydrogen-bond donors (Lipinski definition) is 0. The van der Waals surface area contributed by atoms with E-state index in [1.807, 2.05) is 5.92 Å². The van der Waals surface area contributed by atoms with Gasteiger partial charge < -0.3 is 0 Å². The molecule has 0 nitrogen and oxygen atoms in total. The zero-order chi connectivity index (χ0) is 28.7. The summed E-state index contributed by atoms with van der Waals surface area (Å²) in [6.07, 6.45) is 34.3. The molecule has 0 saturated carbocycles. The highest BCUT2D eigenvalue weighted by Gasteiger charge is 2.44. The molecule has 2 atom stereocenters. The summed E-state index contributed by atoms with van der Waals surface area (Å²) in [4.78, 5) is 0. The first-order valence-electron chi connectivity index (χ1n) is 18.0. The maximum atomic E-state index is 2.55. The van der Waals surface area contributed by atoms with Crippen LogP contribution in [-0.4, -0.2) is 0 Å². The lowest BCUT2D eigenvalue weighted by Gasteiger charge is -2.49. The van der Waals surface area contributed by atoms with Gasteiger partial charge in [0.2, 0.25) is 0 Å². The summed E-state index contributed by atoms with van der Waals surface area (Å²) < 4.78 is 0. The first kappa shape index (κ1) is 38.0. The van der Waals surface area contributed by atoms with E-state index in [0.29, 0.717) is 10.8 Å². The molecule has 0 N–H and O–H groups in total. The highest BCUT2D eigenvalue weighted by Crippen LogP contribution is 2.55. The summed E-state index contributed by atoms with van der Waals surface area (Å²) >= 11 is 0. The Morgan fingerprint density at radius 3 is 1.37 bits per heavy atom. The number of hydrogen-bond acceptors (Lipinski definition) is 0. The summed E-state index contributed by atoms with van der Waals surface area (Å²) in [5, 5.41) is 0. The second-order valence-corrected chi connectivity index (χ2v) is 14.8. The van der Waals surface area contributed by atoms with E-state index in [1.54, 1.807) is 0 Å². The lowest BCUT2D eigenvalue weighted by molar-refractivity contribution is 0.0925. The fourth-order valence-electron chi connectivity index (χ4n) is 7.10. The van der Waals surface area contributed by atoms with E-state index in [9.17, 15) is 0 Å². The van der Waals surface area contributed by atoms with Crippen LogP contribution in [0.5, 0.6) is 0 Å². The quantitative estimate of drug-likeness (QED) is 0.0921. The molecule has 0 rings (SSSR count). The topological polar surface area (TPSA) is 0 Å². The highest BCUT2D eigenvalue weighted by molar-refractivity contribution is 5.11. The molecule has 0 aliphatic heterocycles. The van der Waals surface area contributed by atoms with Crippen molar-refractivity contribution in [3.8, 4) is 0 Å². The second-order valence-electron chi connectivity index (χ2n) is 14.8. The molecular weight excluding hydrogens is 456 g/mol. The first-order chi connectivity index (χ1) is 18.2. The Labute approximate surface area is 244 Å². The van der Waals surface area contributed by atoms with Crippen LogP contribution in [0.2, 0.25) is 0 Å². The van der Waals surface area contributed by atoms with Crippen molar-refractivity contribution in [1.82, 2.24) is 0 Å². The van der Waals surface area contributed by atoms with Gasteiger partial charge in [0.05, 0.1) is 0 Å². The molecule has 0 fully saturated rings. The maximum absolute atomic E-state index is 2.55. The van der Waals surface area contributed by atoms with Crippen molar-refractivity contribution in [2.24, 2.45) is 22.7 Å². The van der Waals surface area contributed by atoms with Gasteiger partial charge in [0.1, 0.15) is 0 Å². The molecule has 0 aromatic carbocycles. The molecule has 0 aromatic heterocycles. The van der Waals surface area contributed by atoms with Crippen LogP contribution in [0.1, 0.15) is 216 Å². The molecule has 1 radical (unpaired) electrons. The summed E-state index contributed by atoms with van der Waals surface area (Å²) in [5.41, 5.74) is 0.873. The predicted molar refractivity (Wildman–Crippen MR) is 177 cm³/mol. The van der Waals surface area contributed by atoms with Crippen LogP contribution >= 0.6 is 0 Å². The van der Waals surface area contributed by atoms with Gasteiger partial charge in [-0.1, -0.05) is 184 Å². The minimum atomic E-state index is 0.389. The monoisotopic (exact) mass is 534 g/mol. The lowest BCUT2D eigenvalue weighted by atomic mass is 9.55. The lowest BCUT2D eigenvalue weighted by Crippen LogP contribution is -2.39. The zero-order valence-corrected chi connectivity index (χ0v) is 28.6. The Morgan fingerprint density at radius 1 is 0.526 bits per heavy atom. The molecule has 0 amide bonds. The van der Waals surface area contributed by atoms with Crippen LogP contribution in [0.3, 0.4) is 0 Å². The SMILES string of the molecule is CCCCCCCCCCC(CC)C(CCCCCC)(CCCCCCC)[C](CCC(C)C)CC(C)(C)C. The molecule has 2 unspecified atom stereocenters. The summed E-state index contributed by atoms with van der Waals surface area (Å²) in [7, 11) is 0. The van der Waals surface area contributed by atoms with Crippen LogP contribution in [-0.2, 0) is 0 Å². The summed E-state index contributed by atoms with van der Waals surface area (Å²) in [5.74, 6) is 3.69. The van der Waals surface area contributed by atoms with Gasteiger partial charge in [-0.2, -0.15) is 0 Å². The van der Waals surface area contributed by atoms with E-state index in [-0.39, 0.29) is 0 Å². The molecule has 229 valence electrons. The molecule has 0 aromatic rings. The minimum absolute atomic E-state index is 0.389. The highest BCUT2D eigenvalue weighted by atomic mass is 14.5. The summed E-state index contributed by atoms with van der Waals surface area (Å²) in [6, 6.07) is 0. The van der Waals surface area contributed by atoms with Crippen molar-refractivity contribution in [3.05, 3.63) is 5.92 Å². The van der Waals surface area contributed by atoms with Gasteiger partial charge in [0, 0.05) is 0 Å². The van der Waals surface area contributed by atoms with Gasteiger partial charge in [-0.05, 0) is 60.7 Å². The molecule has 0 spiro atoms. The Hall–Kier alpha value is 0. The Balaban J connectivity index is 5.85. The standard InChI is InChI=1S/C38H77/c1-10-14-17-20-21-22-23-25-28-35(13-4)38(31-26-19-16-12-3,32-27-24-18-15-11-2)36(30-29-34(5)6)33-37(7,8)9/h34-35H,10-33H2,1-9H3. The van der Waals surface area contributed by atoms with Gasteiger partial charge >= 0.3 is 0 Å². The molecule has 38 heavy (non-hydrogen) atoms. The molecule has 0 bridgehead atoms. The van der Waals surface area contributed by atoms with Crippen molar-refractivity contribution in [3.63, 3.8) is 0 Å². The Morgan fingerprint density at radius 2 is 0.947 bits per heavy atom. The predicted octanol–water partition coefficient (Wildman–Crippen LogP) is 14.3. The smallest absolute Gasteiger partial charge is 0.0171 e. The van der Waals surface area contributed by atoms with E-state index in [2.05, 4.69) is 62.3 Å². The van der Waals surface area contributed by atoms with Crippen LogP contribution in [0.25, 0.3) is 0 Å². The van der Waals surface area contributed by atoms with Crippen LogP contribution in [0.4, 0.5) is 0 Å². The van der Waals surface area contributed by atoms with Crippen molar-refractivity contribution in [2.75, 3.05) is 0 Å². The van der Waals surface area contributed by atoms with Gasteiger partial charge in [-0.15, -0.1) is 0 Å². The molecule has 0 saturated heterocycles. The average Bonchev–Trinajstić information content (AvgIpc) is 2.86. The molecule has 0 aliphatic rings. The van der Waals surface area contributed by atoms with E-state index >= 15 is 0 Å². The second kappa shape index (κ2) is 23.7. The van der Waals surface area contributed by atoms with Gasteiger partial charge in [0.15, 0.2) is 0 Å². The minimum Gasteiger partial charge on any atom is -0.0654 e. The number of rotatable bonds is 27. The fraction of sp³-hybridized carbons (Fsp3) is 0.974. The Bertz CT molecular complexity index is 483. The molecule has 0 heteroatoms. The third-order valence-electron chi connectivity index (χ3n) is 9.35. The summed E-state index contributed by atoms with van der Waals surface area (Å²) in [6.45, 7) is 22.0. The van der Waals surface area contributed by atoms with Crippen LogP contribution in [0, 0.1) is 28.6 Å². The molecule has 0 heterocycles. The van der Waals surface area contributed by atoms with Crippen molar-refractivity contribution >= 4 is 0 Å². The van der Waals surface area contributed by atoms with Crippen LogP contribution in [0.15, 0.2) is 0 Å². The van der Waals surface area contributed by atoms with Gasteiger partial charge in [0.25, 0.3) is 0 Å². The molecule has 0 aliphatic carbocycles. The van der Waals surface area contributed by atoms with E-state index < -0.39 is 0 Å². The van der Waals surface area contributed by atoms with E-state index in [4.69, 9.17) is 0 Å². The van der Waals surface area contributed by atoms with Crippen molar-refractivity contribution < 1.29 is 0 Å². The normalized spacial score (nSPS) is 14.9. The van der Waals surface area contributed by atoms with E-state index in [0.717, 1.165) is 11.8 Å².